The van der Waals surface area contributed by atoms with E-state index in [0.29, 0.717) is 12.0 Å². The van der Waals surface area contributed by atoms with Crippen LogP contribution in [0.1, 0.15) is 41.8 Å². The third kappa shape index (κ3) is 3.84. The Morgan fingerprint density at radius 3 is 2.89 bits per heavy atom. The molecule has 2 heterocycles. The van der Waals surface area contributed by atoms with Gasteiger partial charge >= 0.3 is 0 Å². The minimum absolute atomic E-state index is 0.0945. The molecule has 2 unspecified atom stereocenters. The second-order valence-corrected chi connectivity index (χ2v) is 6.97. The van der Waals surface area contributed by atoms with Crippen molar-refractivity contribution in [3.63, 3.8) is 0 Å². The van der Waals surface area contributed by atoms with Crippen molar-refractivity contribution in [2.45, 2.75) is 38.1 Å². The van der Waals surface area contributed by atoms with Crippen molar-refractivity contribution in [1.29, 1.82) is 0 Å². The van der Waals surface area contributed by atoms with E-state index in [0.717, 1.165) is 28.6 Å². The van der Waals surface area contributed by atoms with E-state index in [-0.39, 0.29) is 18.1 Å². The molecule has 3 atom stereocenters. The van der Waals surface area contributed by atoms with E-state index in [1.165, 1.54) is 0 Å². The molecular formula is C22H22N2O3. The number of pyridine rings is 1. The molecule has 3 aromatic rings. The molecule has 5 heteroatoms. The summed E-state index contributed by atoms with van der Waals surface area (Å²) in [4.78, 5) is 17.0. The van der Waals surface area contributed by atoms with Crippen LogP contribution in [0.4, 0.5) is 5.69 Å². The number of amides is 1. The molecular weight excluding hydrogens is 340 g/mol. The van der Waals surface area contributed by atoms with Crippen LogP contribution in [0.15, 0.2) is 60.8 Å². The van der Waals surface area contributed by atoms with Crippen LogP contribution in [0.3, 0.4) is 0 Å². The van der Waals surface area contributed by atoms with Crippen LogP contribution in [0.25, 0.3) is 10.9 Å². The lowest BCUT2D eigenvalue weighted by molar-refractivity contribution is -0.110. The molecule has 0 spiro atoms. The highest BCUT2D eigenvalue weighted by atomic mass is 16.5. The van der Waals surface area contributed by atoms with Crippen LogP contribution in [0.5, 0.6) is 0 Å². The van der Waals surface area contributed by atoms with Gasteiger partial charge in [0.2, 0.25) is 0 Å². The number of ether oxygens (including phenoxy) is 1. The van der Waals surface area contributed by atoms with Gasteiger partial charge in [-0.05, 0) is 61.7 Å². The van der Waals surface area contributed by atoms with E-state index in [2.05, 4.69) is 10.3 Å². The van der Waals surface area contributed by atoms with Crippen molar-refractivity contribution in [3.8, 4) is 0 Å². The third-order valence-electron chi connectivity index (χ3n) is 5.03. The number of carbonyl (C=O) groups excluding carboxylic acids is 1. The van der Waals surface area contributed by atoms with Crippen LogP contribution >= 0.6 is 0 Å². The minimum atomic E-state index is -0.421. The van der Waals surface area contributed by atoms with Crippen LogP contribution in [0.2, 0.25) is 0 Å². The fourth-order valence-electron chi connectivity index (χ4n) is 3.46. The van der Waals surface area contributed by atoms with Crippen molar-refractivity contribution in [1.82, 2.24) is 4.98 Å². The maximum absolute atomic E-state index is 12.7. The highest BCUT2D eigenvalue weighted by Gasteiger charge is 2.27. The fourth-order valence-corrected chi connectivity index (χ4v) is 3.46. The van der Waals surface area contributed by atoms with Gasteiger partial charge in [0.05, 0.1) is 23.8 Å². The average Bonchev–Trinajstić information content (AvgIpc) is 2.70. The summed E-state index contributed by atoms with van der Waals surface area (Å²) in [7, 11) is 0. The zero-order valence-electron chi connectivity index (χ0n) is 15.1. The zero-order valence-corrected chi connectivity index (χ0v) is 15.1. The Bertz CT molecular complexity index is 972. The van der Waals surface area contributed by atoms with Crippen molar-refractivity contribution in [3.05, 3.63) is 71.9 Å². The third-order valence-corrected chi connectivity index (χ3v) is 5.03. The van der Waals surface area contributed by atoms with Crippen LogP contribution in [0, 0.1) is 0 Å². The Morgan fingerprint density at radius 2 is 2.04 bits per heavy atom. The highest BCUT2D eigenvalue weighted by molar-refractivity contribution is 6.05. The smallest absolute Gasteiger partial charge is 0.255 e. The second kappa shape index (κ2) is 7.47. The van der Waals surface area contributed by atoms with Gasteiger partial charge in [-0.1, -0.05) is 18.2 Å². The number of aliphatic hydroxyl groups excluding tert-OH is 1. The van der Waals surface area contributed by atoms with Crippen molar-refractivity contribution < 1.29 is 14.6 Å². The molecule has 1 fully saturated rings. The molecule has 4 rings (SSSR count). The van der Waals surface area contributed by atoms with E-state index in [1.807, 2.05) is 55.5 Å². The summed E-state index contributed by atoms with van der Waals surface area (Å²) in [5.41, 5.74) is 3.17. The minimum Gasteiger partial charge on any atom is -0.390 e. The van der Waals surface area contributed by atoms with E-state index in [9.17, 15) is 9.90 Å². The summed E-state index contributed by atoms with van der Waals surface area (Å²) >= 11 is 0. The van der Waals surface area contributed by atoms with Gasteiger partial charge in [0.1, 0.15) is 0 Å². The summed E-state index contributed by atoms with van der Waals surface area (Å²) in [6.07, 6.45) is 2.48. The molecule has 5 nitrogen and oxygen atoms in total. The standard InChI is InChI=1S/C22H22N2O3/c1-14-20(25)9-10-21(27-14)16-4-2-5-17(12-16)22(26)24-18-7-8-19-15(13-18)6-3-11-23-19/h2-8,11-14,20-21,25H,9-10H2,1H3,(H,24,26)/t14-,20?,21?/m1/s1. The Hall–Kier alpha value is -2.76. The van der Waals surface area contributed by atoms with Gasteiger partial charge in [-0.3, -0.25) is 9.78 Å². The molecule has 2 aromatic carbocycles. The number of carbonyl (C=O) groups is 1. The predicted molar refractivity (Wildman–Crippen MR) is 105 cm³/mol. The van der Waals surface area contributed by atoms with Crippen molar-refractivity contribution in [2.24, 2.45) is 0 Å². The van der Waals surface area contributed by atoms with Gasteiger partial charge in [0.25, 0.3) is 5.91 Å². The second-order valence-electron chi connectivity index (χ2n) is 6.97. The van der Waals surface area contributed by atoms with Crippen molar-refractivity contribution in [2.75, 3.05) is 5.32 Å². The monoisotopic (exact) mass is 362 g/mol. The Kier molecular flexibility index (Phi) is 4.88. The predicted octanol–water partition coefficient (Wildman–Crippen LogP) is 4.09. The summed E-state index contributed by atoms with van der Waals surface area (Å²) in [5, 5.41) is 13.8. The molecule has 138 valence electrons. The van der Waals surface area contributed by atoms with Crippen LogP contribution in [-0.2, 0) is 4.74 Å². The van der Waals surface area contributed by atoms with Crippen LogP contribution in [-0.4, -0.2) is 28.2 Å². The molecule has 0 saturated carbocycles. The van der Waals surface area contributed by atoms with E-state index >= 15 is 0 Å². The number of aliphatic hydroxyl groups is 1. The first kappa shape index (κ1) is 17.6. The topological polar surface area (TPSA) is 71.5 Å². The number of hydrogen-bond acceptors (Lipinski definition) is 4. The Morgan fingerprint density at radius 1 is 1.15 bits per heavy atom. The number of aromatic nitrogens is 1. The van der Waals surface area contributed by atoms with Crippen LogP contribution < -0.4 is 5.32 Å². The van der Waals surface area contributed by atoms with Gasteiger partial charge in [0.15, 0.2) is 0 Å². The number of nitrogens with zero attached hydrogens (tertiary/aromatic N) is 1. The molecule has 1 aliphatic rings. The van der Waals surface area contributed by atoms with Gasteiger partial charge < -0.3 is 15.2 Å². The Balaban J connectivity index is 1.51. The lowest BCUT2D eigenvalue weighted by atomic mass is 9.96. The molecule has 2 N–H and O–H groups in total. The maximum atomic E-state index is 12.7. The zero-order chi connectivity index (χ0) is 18.8. The summed E-state index contributed by atoms with van der Waals surface area (Å²) in [6.45, 7) is 1.88. The van der Waals surface area contributed by atoms with E-state index in [4.69, 9.17) is 4.74 Å². The van der Waals surface area contributed by atoms with Gasteiger partial charge in [-0.25, -0.2) is 0 Å². The first-order valence-corrected chi connectivity index (χ1v) is 9.20. The molecule has 0 radical (unpaired) electrons. The Labute approximate surface area is 158 Å². The lowest BCUT2D eigenvalue weighted by Gasteiger charge is -2.32. The molecule has 0 aliphatic carbocycles. The highest BCUT2D eigenvalue weighted by Crippen LogP contribution is 2.31. The SMILES string of the molecule is C[C@H]1OC(c2cccc(C(=O)Nc3ccc4ncccc4c3)c2)CCC1O. The normalized spacial score (nSPS) is 22.5. The number of rotatable bonds is 3. The molecule has 1 aliphatic heterocycles. The summed E-state index contributed by atoms with van der Waals surface area (Å²) in [6, 6.07) is 17.0. The van der Waals surface area contributed by atoms with Gasteiger partial charge in [0, 0.05) is 22.8 Å². The fraction of sp³-hybridized carbons (Fsp3) is 0.273. The maximum Gasteiger partial charge on any atom is 0.255 e. The first-order valence-electron chi connectivity index (χ1n) is 9.20. The lowest BCUT2D eigenvalue weighted by Crippen LogP contribution is -2.33. The summed E-state index contributed by atoms with van der Waals surface area (Å²) < 4.78 is 5.90. The number of fused-ring (bicyclic) bond motifs is 1. The molecule has 1 saturated heterocycles. The average molecular weight is 362 g/mol. The summed E-state index contributed by atoms with van der Waals surface area (Å²) in [5.74, 6) is -0.163. The number of nitrogens with one attached hydrogen (secondary N) is 1. The molecule has 1 aromatic heterocycles. The first-order chi connectivity index (χ1) is 13.1. The van der Waals surface area contributed by atoms with E-state index in [1.54, 1.807) is 12.3 Å². The number of hydrogen-bond donors (Lipinski definition) is 2. The quantitative estimate of drug-likeness (QED) is 0.736. The van der Waals surface area contributed by atoms with Gasteiger partial charge in [-0.15, -0.1) is 0 Å². The molecule has 27 heavy (non-hydrogen) atoms. The number of anilines is 1. The van der Waals surface area contributed by atoms with Gasteiger partial charge in [-0.2, -0.15) is 0 Å². The molecule has 1 amide bonds. The van der Waals surface area contributed by atoms with E-state index < -0.39 is 6.10 Å². The van der Waals surface area contributed by atoms with Crippen molar-refractivity contribution >= 4 is 22.5 Å². The molecule has 0 bridgehead atoms. The largest absolute Gasteiger partial charge is 0.390 e. The number of benzene rings is 2.